The Hall–Kier alpha value is -2.75. The highest BCUT2D eigenvalue weighted by atomic mass is 16.3. The van der Waals surface area contributed by atoms with Gasteiger partial charge in [0.05, 0.1) is 24.6 Å². The number of nitriles is 1. The molecule has 7 nitrogen and oxygen atoms in total. The Balaban J connectivity index is 2.27. The molecule has 0 fully saturated rings. The molecule has 0 spiro atoms. The average Bonchev–Trinajstić information content (AvgIpc) is 2.79. The Labute approximate surface area is 109 Å². The van der Waals surface area contributed by atoms with Crippen LogP contribution in [0.5, 0.6) is 5.75 Å². The third-order valence-electron chi connectivity index (χ3n) is 2.65. The second kappa shape index (κ2) is 4.86. The van der Waals surface area contributed by atoms with Gasteiger partial charge in [-0.2, -0.15) is 10.4 Å². The monoisotopic (exact) mass is 259 g/mol. The van der Waals surface area contributed by atoms with Crippen LogP contribution in [-0.4, -0.2) is 46.2 Å². The molecule has 0 radical (unpaired) electrons. The standard InChI is InChI=1S/C12H13N5O2/c1-16(2)11(19)6-14-9-3-10(18)12-8(4-13)5-15-17(12)7-9/h3,5,7,14,18H,6H2,1-2H3. The van der Waals surface area contributed by atoms with Crippen LogP contribution in [0.2, 0.25) is 0 Å². The highest BCUT2D eigenvalue weighted by Gasteiger charge is 2.11. The molecule has 0 aromatic carbocycles. The predicted molar refractivity (Wildman–Crippen MR) is 68.8 cm³/mol. The fraction of sp³-hybridized carbons (Fsp3) is 0.250. The van der Waals surface area contributed by atoms with E-state index in [2.05, 4.69) is 10.4 Å². The fourth-order valence-electron chi connectivity index (χ4n) is 1.61. The van der Waals surface area contributed by atoms with Crippen LogP contribution in [0.15, 0.2) is 18.5 Å². The van der Waals surface area contributed by atoms with E-state index in [0.717, 1.165) is 0 Å². The molecule has 2 rings (SSSR count). The predicted octanol–water partition coefficient (Wildman–Crippen LogP) is 0.412. The molecule has 19 heavy (non-hydrogen) atoms. The van der Waals surface area contributed by atoms with Crippen LogP contribution in [0, 0.1) is 11.3 Å². The first-order valence-corrected chi connectivity index (χ1v) is 5.57. The van der Waals surface area contributed by atoms with E-state index in [1.54, 1.807) is 20.3 Å². The Kier molecular flexibility index (Phi) is 3.25. The number of pyridine rings is 1. The first kappa shape index (κ1) is 12.7. The van der Waals surface area contributed by atoms with Gasteiger partial charge in [0.15, 0.2) is 0 Å². The van der Waals surface area contributed by atoms with E-state index in [0.29, 0.717) is 16.8 Å². The van der Waals surface area contributed by atoms with Gasteiger partial charge in [-0.25, -0.2) is 4.52 Å². The lowest BCUT2D eigenvalue weighted by molar-refractivity contribution is -0.126. The van der Waals surface area contributed by atoms with Crippen LogP contribution in [-0.2, 0) is 4.79 Å². The molecular weight excluding hydrogens is 246 g/mol. The molecule has 0 saturated heterocycles. The molecule has 0 bridgehead atoms. The van der Waals surface area contributed by atoms with Crippen LogP contribution in [0.1, 0.15) is 5.56 Å². The number of aromatic hydroxyl groups is 1. The summed E-state index contributed by atoms with van der Waals surface area (Å²) in [7, 11) is 3.33. The molecule has 2 N–H and O–H groups in total. The van der Waals surface area contributed by atoms with Crippen molar-refractivity contribution in [3.05, 3.63) is 24.0 Å². The van der Waals surface area contributed by atoms with E-state index in [1.165, 1.54) is 21.7 Å². The maximum Gasteiger partial charge on any atom is 0.241 e. The van der Waals surface area contributed by atoms with Gasteiger partial charge in [0, 0.05) is 20.2 Å². The molecule has 0 unspecified atom stereocenters. The molecule has 1 amide bonds. The molecule has 2 heterocycles. The first-order chi connectivity index (χ1) is 9.02. The van der Waals surface area contributed by atoms with Gasteiger partial charge in [-0.1, -0.05) is 0 Å². The number of likely N-dealkylation sites (N-methyl/N-ethyl adjacent to an activating group) is 1. The molecule has 2 aromatic rings. The van der Waals surface area contributed by atoms with Crippen molar-refractivity contribution >= 4 is 17.1 Å². The number of rotatable bonds is 3. The minimum atomic E-state index is -0.0854. The summed E-state index contributed by atoms with van der Waals surface area (Å²) in [4.78, 5) is 12.9. The van der Waals surface area contributed by atoms with Crippen molar-refractivity contribution in [2.75, 3.05) is 26.0 Å². The van der Waals surface area contributed by atoms with Gasteiger partial charge in [0.1, 0.15) is 22.9 Å². The second-order valence-electron chi connectivity index (χ2n) is 4.22. The van der Waals surface area contributed by atoms with Crippen molar-refractivity contribution in [2.24, 2.45) is 0 Å². The van der Waals surface area contributed by atoms with Crippen molar-refractivity contribution in [1.82, 2.24) is 14.5 Å². The van der Waals surface area contributed by atoms with Gasteiger partial charge in [-0.05, 0) is 0 Å². The molecule has 0 atom stereocenters. The van der Waals surface area contributed by atoms with Crippen LogP contribution >= 0.6 is 0 Å². The molecule has 0 saturated carbocycles. The first-order valence-electron chi connectivity index (χ1n) is 5.57. The highest BCUT2D eigenvalue weighted by Crippen LogP contribution is 2.25. The van der Waals surface area contributed by atoms with Crippen molar-refractivity contribution in [1.29, 1.82) is 5.26 Å². The smallest absolute Gasteiger partial charge is 0.241 e. The topological polar surface area (TPSA) is 93.7 Å². The van der Waals surface area contributed by atoms with Crippen LogP contribution in [0.3, 0.4) is 0 Å². The van der Waals surface area contributed by atoms with Crippen molar-refractivity contribution in [3.8, 4) is 11.8 Å². The van der Waals surface area contributed by atoms with Crippen molar-refractivity contribution < 1.29 is 9.90 Å². The van der Waals surface area contributed by atoms with E-state index >= 15 is 0 Å². The zero-order valence-electron chi connectivity index (χ0n) is 10.6. The van der Waals surface area contributed by atoms with E-state index in [1.807, 2.05) is 6.07 Å². The minimum absolute atomic E-state index is 0.0589. The summed E-state index contributed by atoms with van der Waals surface area (Å²) in [5, 5.41) is 25.6. The van der Waals surface area contributed by atoms with E-state index in [9.17, 15) is 9.90 Å². The largest absolute Gasteiger partial charge is 0.506 e. The normalized spacial score (nSPS) is 10.2. The number of carbonyl (C=O) groups is 1. The second-order valence-corrected chi connectivity index (χ2v) is 4.22. The van der Waals surface area contributed by atoms with Gasteiger partial charge < -0.3 is 15.3 Å². The Morgan fingerprint density at radius 1 is 1.63 bits per heavy atom. The van der Waals surface area contributed by atoms with Crippen LogP contribution in [0.4, 0.5) is 5.69 Å². The van der Waals surface area contributed by atoms with Crippen LogP contribution < -0.4 is 5.32 Å². The number of aromatic nitrogens is 2. The lowest BCUT2D eigenvalue weighted by Gasteiger charge is -2.12. The average molecular weight is 259 g/mol. The summed E-state index contributed by atoms with van der Waals surface area (Å²) in [6.07, 6.45) is 2.99. The SMILES string of the molecule is CN(C)C(=O)CNc1cc(O)c2c(C#N)cnn2c1. The lowest BCUT2D eigenvalue weighted by atomic mass is 10.2. The molecule has 0 aliphatic carbocycles. The third-order valence-corrected chi connectivity index (χ3v) is 2.65. The van der Waals surface area contributed by atoms with Crippen LogP contribution in [0.25, 0.3) is 5.52 Å². The van der Waals surface area contributed by atoms with E-state index in [4.69, 9.17) is 5.26 Å². The summed E-state index contributed by atoms with van der Waals surface area (Å²) in [6.45, 7) is 0.115. The number of amides is 1. The number of nitrogens with one attached hydrogen (secondary N) is 1. The van der Waals surface area contributed by atoms with E-state index < -0.39 is 0 Å². The zero-order chi connectivity index (χ0) is 14.0. The molecule has 98 valence electrons. The molecule has 0 aliphatic heterocycles. The number of carbonyl (C=O) groups excluding carboxylic acids is 1. The van der Waals surface area contributed by atoms with Gasteiger partial charge >= 0.3 is 0 Å². The number of anilines is 1. The van der Waals surface area contributed by atoms with Gasteiger partial charge in [-0.3, -0.25) is 4.79 Å². The number of fused-ring (bicyclic) bond motifs is 1. The summed E-state index contributed by atoms with van der Waals surface area (Å²) in [5.74, 6) is -0.144. The summed E-state index contributed by atoms with van der Waals surface area (Å²) >= 11 is 0. The Morgan fingerprint density at radius 3 is 3.00 bits per heavy atom. The molecule has 7 heteroatoms. The summed E-state index contributed by atoms with van der Waals surface area (Å²) in [6, 6.07) is 3.41. The van der Waals surface area contributed by atoms with Crippen molar-refractivity contribution in [3.63, 3.8) is 0 Å². The summed E-state index contributed by atoms with van der Waals surface area (Å²) in [5.41, 5.74) is 1.20. The van der Waals surface area contributed by atoms with Crippen molar-refractivity contribution in [2.45, 2.75) is 0 Å². The number of hydrogen-bond acceptors (Lipinski definition) is 5. The molecular formula is C12H13N5O2. The maximum atomic E-state index is 11.5. The lowest BCUT2D eigenvalue weighted by Crippen LogP contribution is -2.28. The number of nitrogens with zero attached hydrogens (tertiary/aromatic N) is 4. The zero-order valence-corrected chi connectivity index (χ0v) is 10.6. The molecule has 2 aromatic heterocycles. The maximum absolute atomic E-state index is 11.5. The van der Waals surface area contributed by atoms with Gasteiger partial charge in [0.2, 0.25) is 5.91 Å². The molecule has 0 aliphatic rings. The quantitative estimate of drug-likeness (QED) is 0.832. The Bertz CT molecular complexity index is 669. The van der Waals surface area contributed by atoms with Gasteiger partial charge in [0.25, 0.3) is 0 Å². The highest BCUT2D eigenvalue weighted by molar-refractivity contribution is 5.81. The van der Waals surface area contributed by atoms with E-state index in [-0.39, 0.29) is 18.2 Å². The third kappa shape index (κ3) is 2.42. The Morgan fingerprint density at radius 2 is 2.37 bits per heavy atom. The minimum Gasteiger partial charge on any atom is -0.506 e. The summed E-state index contributed by atoms with van der Waals surface area (Å²) < 4.78 is 1.40. The number of hydrogen-bond donors (Lipinski definition) is 2. The van der Waals surface area contributed by atoms with Gasteiger partial charge in [-0.15, -0.1) is 0 Å². The fourth-order valence-corrected chi connectivity index (χ4v) is 1.61.